The zero-order chi connectivity index (χ0) is 38.1. The van der Waals surface area contributed by atoms with Gasteiger partial charge in [0.2, 0.25) is 5.95 Å². The highest BCUT2D eigenvalue weighted by Crippen LogP contribution is 2.58. The van der Waals surface area contributed by atoms with E-state index in [9.17, 15) is 33.0 Å². The Bertz CT molecular complexity index is 2060. The van der Waals surface area contributed by atoms with Crippen LogP contribution in [0.4, 0.5) is 19.1 Å². The van der Waals surface area contributed by atoms with Gasteiger partial charge in [-0.3, -0.25) is 4.79 Å². The van der Waals surface area contributed by atoms with Gasteiger partial charge in [0.15, 0.2) is 5.69 Å². The topological polar surface area (TPSA) is 143 Å². The van der Waals surface area contributed by atoms with Crippen LogP contribution in [0.5, 0.6) is 5.75 Å². The van der Waals surface area contributed by atoms with E-state index in [1.807, 2.05) is 24.4 Å². The third-order valence-electron chi connectivity index (χ3n) is 13.2. The molecule has 1 saturated heterocycles. The van der Waals surface area contributed by atoms with Gasteiger partial charge in [0, 0.05) is 67.6 Å². The van der Waals surface area contributed by atoms with Crippen LogP contribution in [-0.4, -0.2) is 72.4 Å². The van der Waals surface area contributed by atoms with E-state index in [1.54, 1.807) is 18.5 Å². The lowest BCUT2D eigenvalue weighted by atomic mass is 9.48. The minimum absolute atomic E-state index is 0.00402. The van der Waals surface area contributed by atoms with Crippen LogP contribution in [0.2, 0.25) is 0 Å². The summed E-state index contributed by atoms with van der Waals surface area (Å²) in [5.74, 6) is -0.732. The molecule has 4 heterocycles. The predicted octanol–water partition coefficient (Wildman–Crippen LogP) is 7.05. The second kappa shape index (κ2) is 13.8. The molecule has 3 aromatic heterocycles. The Morgan fingerprint density at radius 1 is 0.891 bits per heavy atom. The average Bonchev–Trinajstić information content (AvgIpc) is 3.55. The molecule has 10 rings (SSSR count). The largest absolute Gasteiger partial charge is 0.490 e. The van der Waals surface area contributed by atoms with Crippen molar-refractivity contribution < 1.29 is 37.7 Å². The number of aliphatic hydroxyl groups is 1. The van der Waals surface area contributed by atoms with Crippen molar-refractivity contribution >= 4 is 28.7 Å². The summed E-state index contributed by atoms with van der Waals surface area (Å²) in [7, 11) is 0. The Kier molecular flexibility index (Phi) is 9.01. The number of ether oxygens (including phenoxy) is 1. The first-order valence-corrected chi connectivity index (χ1v) is 19.6. The molecule has 0 radical (unpaired) electrons. The van der Waals surface area contributed by atoms with Gasteiger partial charge in [0.1, 0.15) is 17.4 Å². The lowest BCUT2D eigenvalue weighted by Crippen LogP contribution is -2.70. The Balaban J connectivity index is 1.03. The van der Waals surface area contributed by atoms with Crippen molar-refractivity contribution in [2.45, 2.75) is 101 Å². The monoisotopic (exact) mass is 758 g/mol. The van der Waals surface area contributed by atoms with E-state index in [0.717, 1.165) is 43.9 Å². The first kappa shape index (κ1) is 35.9. The van der Waals surface area contributed by atoms with E-state index in [0.29, 0.717) is 85.8 Å². The maximum absolute atomic E-state index is 14.9. The summed E-state index contributed by atoms with van der Waals surface area (Å²) in [5, 5.41) is 24.1. The zero-order valence-electron chi connectivity index (χ0n) is 30.4. The number of piperidine rings is 1. The third-order valence-corrected chi connectivity index (χ3v) is 13.2. The molecule has 0 atom stereocenters. The number of carbonyl (C=O) groups excluding carboxylic acids is 1. The molecular formula is C41H45F3N6O5. The highest BCUT2D eigenvalue weighted by Gasteiger charge is 2.62. The number of aliphatic carboxylic acids is 1. The normalized spacial score (nSPS) is 29.4. The van der Waals surface area contributed by atoms with Crippen LogP contribution in [0.3, 0.4) is 0 Å². The predicted molar refractivity (Wildman–Crippen MR) is 196 cm³/mol. The third kappa shape index (κ3) is 6.49. The Morgan fingerprint density at radius 3 is 2.20 bits per heavy atom. The van der Waals surface area contributed by atoms with Crippen LogP contribution >= 0.6 is 0 Å². The van der Waals surface area contributed by atoms with Gasteiger partial charge in [-0.2, -0.15) is 13.2 Å². The van der Waals surface area contributed by atoms with Crippen molar-refractivity contribution in [3.05, 3.63) is 66.2 Å². The van der Waals surface area contributed by atoms with Gasteiger partial charge in [-0.15, -0.1) is 0 Å². The lowest BCUT2D eigenvalue weighted by Gasteiger charge is -2.59. The van der Waals surface area contributed by atoms with E-state index >= 15 is 0 Å². The number of carbonyl (C=O) groups is 2. The number of fused-ring (bicyclic) bond motifs is 1. The van der Waals surface area contributed by atoms with Crippen LogP contribution in [0.25, 0.3) is 22.2 Å². The van der Waals surface area contributed by atoms with Crippen molar-refractivity contribution in [2.24, 2.45) is 23.7 Å². The second-order valence-corrected chi connectivity index (χ2v) is 16.5. The van der Waals surface area contributed by atoms with E-state index in [-0.39, 0.29) is 29.7 Å². The molecule has 1 amide bonds. The van der Waals surface area contributed by atoms with Crippen LogP contribution in [0.15, 0.2) is 55.0 Å². The molecule has 4 aromatic rings. The van der Waals surface area contributed by atoms with Crippen molar-refractivity contribution in [2.75, 3.05) is 18.0 Å². The van der Waals surface area contributed by atoms with Crippen LogP contribution in [-0.2, 0) is 11.0 Å². The number of rotatable bonds is 8. The minimum Gasteiger partial charge on any atom is -0.490 e. The van der Waals surface area contributed by atoms with Crippen molar-refractivity contribution in [3.8, 4) is 17.0 Å². The summed E-state index contributed by atoms with van der Waals surface area (Å²) < 4.78 is 53.1. The number of aromatic nitrogens is 4. The fourth-order valence-corrected chi connectivity index (χ4v) is 10.8. The van der Waals surface area contributed by atoms with Gasteiger partial charge < -0.3 is 29.7 Å². The maximum atomic E-state index is 14.9. The quantitative estimate of drug-likeness (QED) is 0.172. The van der Waals surface area contributed by atoms with E-state index in [2.05, 4.69) is 29.7 Å². The molecule has 290 valence electrons. The number of benzene rings is 1. The van der Waals surface area contributed by atoms with E-state index in [4.69, 9.17) is 4.74 Å². The van der Waals surface area contributed by atoms with Crippen LogP contribution in [0.1, 0.15) is 92.7 Å². The number of nitrogens with zero attached hydrogens (tertiary/aromatic N) is 5. The Labute approximate surface area is 316 Å². The van der Waals surface area contributed by atoms with Gasteiger partial charge >= 0.3 is 12.1 Å². The van der Waals surface area contributed by atoms with Crippen LogP contribution < -0.4 is 15.0 Å². The average molecular weight is 759 g/mol. The summed E-state index contributed by atoms with van der Waals surface area (Å²) in [6.07, 6.45) is 7.69. The standard InChI is InChI=1S/C41H45F3N6O5/c42-41(43,44)36-32(37(52)48-40(38(53)54)25-17-23-16-24(19-25)20-26(40)18-23)8-9-34(47-36)33-22-50(27-2-4-28(51)5-3-27)35-21-30(6-7-31(33)35)55-29-10-14-49(15-11-29)39-45-12-1-13-46-39/h1,6-9,12-13,21-29,51H,2-5,10-11,14-20H2,(H,48,52)(H,53,54)/t23?,24?,25?,26?,27-,28+,40?. The molecule has 14 heteroatoms. The minimum atomic E-state index is -4.98. The van der Waals surface area contributed by atoms with Crippen molar-refractivity contribution in [1.82, 2.24) is 24.8 Å². The number of aliphatic hydroxyl groups excluding tert-OH is 1. The molecule has 5 aliphatic carbocycles. The summed E-state index contributed by atoms with van der Waals surface area (Å²) in [6.45, 7) is 1.48. The number of carboxylic acids is 1. The van der Waals surface area contributed by atoms with Gasteiger partial charge in [-0.25, -0.2) is 19.7 Å². The molecule has 55 heavy (non-hydrogen) atoms. The number of pyridine rings is 1. The molecule has 1 aliphatic heterocycles. The second-order valence-electron chi connectivity index (χ2n) is 16.5. The van der Waals surface area contributed by atoms with E-state index < -0.39 is 41.0 Å². The number of hydrogen-bond donors (Lipinski definition) is 3. The molecule has 0 spiro atoms. The molecule has 1 aromatic carbocycles. The molecule has 6 fully saturated rings. The number of carboxylic acid groups (broad SMARTS) is 1. The molecule has 3 N–H and O–H groups in total. The first-order valence-electron chi connectivity index (χ1n) is 19.6. The van der Waals surface area contributed by atoms with E-state index in [1.165, 1.54) is 6.07 Å². The van der Waals surface area contributed by atoms with Gasteiger partial charge in [0.25, 0.3) is 5.91 Å². The Hall–Kier alpha value is -4.72. The first-order chi connectivity index (χ1) is 26.5. The molecule has 6 aliphatic rings. The number of amides is 1. The number of halogens is 3. The summed E-state index contributed by atoms with van der Waals surface area (Å²) >= 11 is 0. The summed E-state index contributed by atoms with van der Waals surface area (Å²) in [4.78, 5) is 41.7. The lowest BCUT2D eigenvalue weighted by molar-refractivity contribution is -0.163. The molecule has 4 bridgehead atoms. The smallest absolute Gasteiger partial charge is 0.434 e. The van der Waals surface area contributed by atoms with Crippen LogP contribution in [0, 0.1) is 23.7 Å². The highest BCUT2D eigenvalue weighted by molar-refractivity contribution is 6.00. The number of hydrogen-bond acceptors (Lipinski definition) is 8. The molecular weight excluding hydrogens is 713 g/mol. The number of alkyl halides is 3. The van der Waals surface area contributed by atoms with Gasteiger partial charge in [-0.05, 0) is 112 Å². The zero-order valence-corrected chi connectivity index (χ0v) is 30.4. The van der Waals surface area contributed by atoms with Crippen molar-refractivity contribution in [3.63, 3.8) is 0 Å². The number of anilines is 1. The summed E-state index contributed by atoms with van der Waals surface area (Å²) in [5.41, 5.74) is -2.32. The van der Waals surface area contributed by atoms with Gasteiger partial charge in [-0.1, -0.05) is 0 Å². The molecule has 5 saturated carbocycles. The maximum Gasteiger partial charge on any atom is 0.434 e. The molecule has 11 nitrogen and oxygen atoms in total. The number of nitrogens with one attached hydrogen (secondary N) is 1. The Morgan fingerprint density at radius 2 is 1.56 bits per heavy atom. The summed E-state index contributed by atoms with van der Waals surface area (Å²) in [6, 6.07) is 9.95. The van der Waals surface area contributed by atoms with Crippen molar-refractivity contribution in [1.29, 1.82) is 0 Å². The SMILES string of the molecule is O=C(NC1(C(=O)O)C2CC3CC(C2)CC1C3)c1ccc(-c2cn([C@H]3CC[C@@H](O)CC3)c3cc(OC4CCN(c5ncccn5)CC4)ccc23)nc1C(F)(F)F. The fourth-order valence-electron chi connectivity index (χ4n) is 10.8. The van der Waals surface area contributed by atoms with Gasteiger partial charge in [0.05, 0.1) is 22.9 Å². The highest BCUT2D eigenvalue weighted by atomic mass is 19.4. The fraction of sp³-hybridized carbons (Fsp3) is 0.537. The molecule has 0 unspecified atom stereocenters.